The monoisotopic (exact) mass is 360 g/mol. The highest BCUT2D eigenvalue weighted by Crippen LogP contribution is 2.41. The third-order valence-corrected chi connectivity index (χ3v) is 3.98. The van der Waals surface area contributed by atoms with E-state index in [9.17, 15) is 9.18 Å². The van der Waals surface area contributed by atoms with E-state index in [1.807, 2.05) is 0 Å². The molecule has 0 aliphatic heterocycles. The summed E-state index contributed by atoms with van der Waals surface area (Å²) in [6.07, 6.45) is -0.444. The number of nitrogens with zero attached hydrogens (tertiary/aromatic N) is 1. The number of aliphatic carboxylic acids is 1. The van der Waals surface area contributed by atoms with Crippen LogP contribution >= 0.6 is 0 Å². The lowest BCUT2D eigenvalue weighted by Gasteiger charge is -2.13. The lowest BCUT2D eigenvalue weighted by molar-refractivity contribution is -0.136. The van der Waals surface area contributed by atoms with Crippen molar-refractivity contribution in [3.05, 3.63) is 35.6 Å². The average molecular weight is 360 g/mol. The number of rotatable bonds is 6. The van der Waals surface area contributed by atoms with Crippen LogP contribution in [0.15, 0.2) is 24.3 Å². The standard InChI is InChI=1S/C18H17FN2O5/c1-24-13-6-9(7-14(25-2)17(13)26-3)18-20-12-5-4-11(19)10(8-15(22)23)16(12)21-18/h4-7H,8H2,1-3H3,(H,20,21)(H,22,23). The Bertz CT molecular complexity index is 958. The summed E-state index contributed by atoms with van der Waals surface area (Å²) < 4.78 is 30.0. The average Bonchev–Trinajstić information content (AvgIpc) is 3.07. The fraction of sp³-hybridized carbons (Fsp3) is 0.222. The van der Waals surface area contributed by atoms with Gasteiger partial charge in [0.05, 0.1) is 38.8 Å². The largest absolute Gasteiger partial charge is 0.493 e. The lowest BCUT2D eigenvalue weighted by Crippen LogP contribution is -2.03. The summed E-state index contributed by atoms with van der Waals surface area (Å²) >= 11 is 0. The number of aromatic nitrogens is 2. The first-order valence-corrected chi connectivity index (χ1v) is 7.67. The fourth-order valence-corrected chi connectivity index (χ4v) is 2.79. The van der Waals surface area contributed by atoms with E-state index < -0.39 is 18.2 Å². The third-order valence-electron chi connectivity index (χ3n) is 3.98. The molecule has 2 aromatic carbocycles. The van der Waals surface area contributed by atoms with Gasteiger partial charge >= 0.3 is 5.97 Å². The molecule has 0 unspecified atom stereocenters. The number of benzene rings is 2. The van der Waals surface area contributed by atoms with Crippen LogP contribution in [0.1, 0.15) is 5.56 Å². The van der Waals surface area contributed by atoms with Crippen molar-refractivity contribution in [2.75, 3.05) is 21.3 Å². The Labute approximate surface area is 148 Å². The molecule has 0 saturated carbocycles. The molecule has 0 amide bonds. The molecular weight excluding hydrogens is 343 g/mol. The molecule has 0 bridgehead atoms. The van der Waals surface area contributed by atoms with Crippen LogP contribution in [0.4, 0.5) is 4.39 Å². The van der Waals surface area contributed by atoms with Gasteiger partial charge in [0.2, 0.25) is 5.75 Å². The molecule has 2 N–H and O–H groups in total. The summed E-state index contributed by atoms with van der Waals surface area (Å²) in [4.78, 5) is 18.5. The Kier molecular flexibility index (Phi) is 4.66. The summed E-state index contributed by atoms with van der Waals surface area (Å²) in [5, 5.41) is 9.02. The van der Waals surface area contributed by atoms with Crippen LogP contribution in [0, 0.1) is 5.82 Å². The number of carboxylic acid groups (broad SMARTS) is 1. The van der Waals surface area contributed by atoms with Crippen molar-refractivity contribution in [2.45, 2.75) is 6.42 Å². The van der Waals surface area contributed by atoms with Crippen LogP contribution in [-0.2, 0) is 11.2 Å². The van der Waals surface area contributed by atoms with Gasteiger partial charge in [-0.1, -0.05) is 0 Å². The number of fused-ring (bicyclic) bond motifs is 1. The van der Waals surface area contributed by atoms with Crippen molar-refractivity contribution in [3.63, 3.8) is 0 Å². The molecule has 1 aromatic heterocycles. The molecule has 0 aliphatic rings. The van der Waals surface area contributed by atoms with Gasteiger partial charge in [-0.3, -0.25) is 4.79 Å². The molecule has 0 radical (unpaired) electrons. The first-order chi connectivity index (χ1) is 12.5. The Balaban J connectivity index is 2.18. The van der Waals surface area contributed by atoms with Crippen molar-refractivity contribution in [1.82, 2.24) is 9.97 Å². The summed E-state index contributed by atoms with van der Waals surface area (Å²) in [5.41, 5.74) is 1.49. The minimum Gasteiger partial charge on any atom is -0.493 e. The van der Waals surface area contributed by atoms with Gasteiger partial charge in [0, 0.05) is 11.1 Å². The van der Waals surface area contributed by atoms with Gasteiger partial charge in [0.1, 0.15) is 11.6 Å². The lowest BCUT2D eigenvalue weighted by atomic mass is 10.1. The summed E-state index contributed by atoms with van der Waals surface area (Å²) in [7, 11) is 4.50. The first kappa shape index (κ1) is 17.5. The number of imidazole rings is 1. The maximum absolute atomic E-state index is 14.1. The second-order valence-corrected chi connectivity index (χ2v) is 5.49. The molecule has 0 aliphatic carbocycles. The number of halogens is 1. The van der Waals surface area contributed by atoms with Crippen LogP contribution in [0.25, 0.3) is 22.4 Å². The molecule has 8 heteroatoms. The molecule has 0 atom stereocenters. The molecule has 0 spiro atoms. The Morgan fingerprint density at radius 2 is 1.81 bits per heavy atom. The number of carboxylic acids is 1. The van der Waals surface area contributed by atoms with Crippen LogP contribution in [0.3, 0.4) is 0 Å². The number of methoxy groups -OCH3 is 3. The normalized spacial score (nSPS) is 10.8. The highest BCUT2D eigenvalue weighted by Gasteiger charge is 2.18. The van der Waals surface area contributed by atoms with E-state index in [1.54, 1.807) is 12.1 Å². The maximum Gasteiger partial charge on any atom is 0.308 e. The number of hydrogen-bond donors (Lipinski definition) is 2. The fourth-order valence-electron chi connectivity index (χ4n) is 2.79. The van der Waals surface area contributed by atoms with Crippen LogP contribution in [0.2, 0.25) is 0 Å². The Morgan fingerprint density at radius 3 is 2.35 bits per heavy atom. The molecule has 136 valence electrons. The topological polar surface area (TPSA) is 93.7 Å². The van der Waals surface area contributed by atoms with E-state index in [2.05, 4.69) is 9.97 Å². The number of nitrogens with one attached hydrogen (secondary N) is 1. The quantitative estimate of drug-likeness (QED) is 0.702. The molecule has 7 nitrogen and oxygen atoms in total. The van der Waals surface area contributed by atoms with E-state index in [-0.39, 0.29) is 5.56 Å². The number of hydrogen-bond acceptors (Lipinski definition) is 5. The zero-order valence-electron chi connectivity index (χ0n) is 14.4. The maximum atomic E-state index is 14.1. The van der Waals surface area contributed by atoms with Gasteiger partial charge in [-0.15, -0.1) is 0 Å². The predicted octanol–water partition coefficient (Wildman–Crippen LogP) is 3.02. The van der Waals surface area contributed by atoms with Gasteiger partial charge in [-0.25, -0.2) is 9.37 Å². The van der Waals surface area contributed by atoms with Crippen LogP contribution in [0.5, 0.6) is 17.2 Å². The summed E-state index contributed by atoms with van der Waals surface area (Å²) in [5.74, 6) is 0.0304. The molecule has 3 rings (SSSR count). The zero-order valence-corrected chi connectivity index (χ0v) is 14.4. The summed E-state index contributed by atoms with van der Waals surface area (Å²) in [6, 6.07) is 6.10. The van der Waals surface area contributed by atoms with Gasteiger partial charge in [-0.05, 0) is 24.3 Å². The second-order valence-electron chi connectivity index (χ2n) is 5.49. The van der Waals surface area contributed by atoms with E-state index in [0.717, 1.165) is 0 Å². The predicted molar refractivity (Wildman–Crippen MR) is 92.5 cm³/mol. The van der Waals surface area contributed by atoms with Crippen molar-refractivity contribution < 1.29 is 28.5 Å². The number of carbonyl (C=O) groups is 1. The minimum atomic E-state index is -1.12. The molecule has 0 fully saturated rings. The second kappa shape index (κ2) is 6.91. The third kappa shape index (κ3) is 3.01. The van der Waals surface area contributed by atoms with Gasteiger partial charge in [0.25, 0.3) is 0 Å². The van der Waals surface area contributed by atoms with E-state index in [4.69, 9.17) is 19.3 Å². The smallest absolute Gasteiger partial charge is 0.308 e. The van der Waals surface area contributed by atoms with Crippen LogP contribution in [-0.4, -0.2) is 42.4 Å². The number of ether oxygens (including phenoxy) is 3. The Hall–Kier alpha value is -3.29. The molecular formula is C18H17FN2O5. The van der Waals surface area contributed by atoms with Gasteiger partial charge < -0.3 is 24.3 Å². The molecule has 26 heavy (non-hydrogen) atoms. The molecule has 0 saturated heterocycles. The zero-order chi connectivity index (χ0) is 18.8. The van der Waals surface area contributed by atoms with E-state index in [1.165, 1.54) is 33.5 Å². The SMILES string of the molecule is COc1cc(-c2nc3ccc(F)c(CC(=O)O)c3[nH]2)cc(OC)c1OC. The van der Waals surface area contributed by atoms with Gasteiger partial charge in [-0.2, -0.15) is 0 Å². The molecule has 3 aromatic rings. The number of H-pyrrole nitrogens is 1. The first-order valence-electron chi connectivity index (χ1n) is 7.67. The van der Waals surface area contributed by atoms with Crippen molar-refractivity contribution in [3.8, 4) is 28.6 Å². The van der Waals surface area contributed by atoms with E-state index in [0.29, 0.717) is 39.7 Å². The summed E-state index contributed by atoms with van der Waals surface area (Å²) in [6.45, 7) is 0. The highest BCUT2D eigenvalue weighted by atomic mass is 19.1. The van der Waals surface area contributed by atoms with Crippen molar-refractivity contribution >= 4 is 17.0 Å². The Morgan fingerprint density at radius 1 is 1.15 bits per heavy atom. The number of aromatic amines is 1. The minimum absolute atomic E-state index is 0.0567. The van der Waals surface area contributed by atoms with Gasteiger partial charge in [0.15, 0.2) is 11.5 Å². The van der Waals surface area contributed by atoms with E-state index >= 15 is 0 Å². The van der Waals surface area contributed by atoms with Crippen molar-refractivity contribution in [2.24, 2.45) is 0 Å². The van der Waals surface area contributed by atoms with Crippen molar-refractivity contribution in [1.29, 1.82) is 0 Å². The molecule has 1 heterocycles. The van der Waals surface area contributed by atoms with Crippen LogP contribution < -0.4 is 14.2 Å². The highest BCUT2D eigenvalue weighted by molar-refractivity contribution is 5.86.